The van der Waals surface area contributed by atoms with Crippen LogP contribution < -0.4 is 5.32 Å². The van der Waals surface area contributed by atoms with Gasteiger partial charge in [0.2, 0.25) is 0 Å². The molecule has 0 aromatic carbocycles. The minimum absolute atomic E-state index is 0.264. The van der Waals surface area contributed by atoms with Crippen LogP contribution in [0.2, 0.25) is 0 Å². The van der Waals surface area contributed by atoms with Crippen molar-refractivity contribution >= 4 is 22.7 Å². The average molecular weight is 280 g/mol. The molecule has 2 nitrogen and oxygen atoms in total. The summed E-state index contributed by atoms with van der Waals surface area (Å²) < 4.78 is 0. The van der Waals surface area contributed by atoms with Gasteiger partial charge in [-0.1, -0.05) is 13.8 Å². The normalized spacial score (nSPS) is 12.8. The first kappa shape index (κ1) is 13.7. The third-order valence-corrected chi connectivity index (χ3v) is 4.75. The van der Waals surface area contributed by atoms with Gasteiger partial charge in [-0.05, 0) is 48.7 Å². The van der Waals surface area contributed by atoms with Crippen LogP contribution in [0.3, 0.4) is 0 Å². The molecule has 2 rings (SSSR count). The lowest BCUT2D eigenvalue weighted by molar-refractivity contribution is 0.596. The van der Waals surface area contributed by atoms with Crippen LogP contribution in [-0.4, -0.2) is 11.5 Å². The van der Waals surface area contributed by atoms with Crippen molar-refractivity contribution in [2.24, 2.45) is 0 Å². The number of hydrogen-bond acceptors (Lipinski definition) is 4. The summed E-state index contributed by atoms with van der Waals surface area (Å²) in [6.07, 6.45) is 2.16. The summed E-state index contributed by atoms with van der Waals surface area (Å²) >= 11 is 3.58. The smallest absolute Gasteiger partial charge is 0.115 e. The van der Waals surface area contributed by atoms with E-state index in [4.69, 9.17) is 4.98 Å². The monoisotopic (exact) mass is 280 g/mol. The van der Waals surface area contributed by atoms with Gasteiger partial charge in [0.1, 0.15) is 5.01 Å². The summed E-state index contributed by atoms with van der Waals surface area (Å²) in [4.78, 5) is 6.15. The molecule has 0 aliphatic carbocycles. The predicted octanol–water partition coefficient (Wildman–Crippen LogP) is 4.16. The van der Waals surface area contributed by atoms with Crippen molar-refractivity contribution in [3.05, 3.63) is 38.0 Å². The van der Waals surface area contributed by atoms with E-state index in [0.29, 0.717) is 0 Å². The Balaban J connectivity index is 2.27. The largest absolute Gasteiger partial charge is 0.304 e. The highest BCUT2D eigenvalue weighted by Crippen LogP contribution is 2.29. The van der Waals surface area contributed by atoms with Gasteiger partial charge >= 0.3 is 0 Å². The van der Waals surface area contributed by atoms with E-state index in [1.807, 2.05) is 11.3 Å². The van der Waals surface area contributed by atoms with Crippen molar-refractivity contribution in [2.75, 3.05) is 6.54 Å². The Morgan fingerprint density at radius 3 is 2.78 bits per heavy atom. The fraction of sp³-hybridized carbons (Fsp3) is 0.500. The molecule has 0 fully saturated rings. The van der Waals surface area contributed by atoms with Crippen LogP contribution in [0.5, 0.6) is 0 Å². The second kappa shape index (κ2) is 6.45. The molecule has 1 atom stereocenters. The third-order valence-electron chi connectivity index (χ3n) is 2.97. The van der Waals surface area contributed by atoms with Gasteiger partial charge in [0.25, 0.3) is 0 Å². The van der Waals surface area contributed by atoms with Gasteiger partial charge in [0.15, 0.2) is 0 Å². The van der Waals surface area contributed by atoms with Crippen LogP contribution in [0.1, 0.15) is 47.5 Å². The number of nitrogens with one attached hydrogen (secondary N) is 1. The second-order valence-electron chi connectivity index (χ2n) is 4.35. The van der Waals surface area contributed by atoms with Crippen LogP contribution in [-0.2, 0) is 6.42 Å². The van der Waals surface area contributed by atoms with Gasteiger partial charge in [-0.3, -0.25) is 0 Å². The fourth-order valence-corrected chi connectivity index (χ4v) is 3.78. The molecule has 0 amide bonds. The maximum absolute atomic E-state index is 4.80. The number of aryl methyl sites for hydroxylation is 2. The maximum Gasteiger partial charge on any atom is 0.115 e. The van der Waals surface area contributed by atoms with E-state index in [1.54, 1.807) is 11.3 Å². The van der Waals surface area contributed by atoms with E-state index in [9.17, 15) is 0 Å². The van der Waals surface area contributed by atoms with Crippen molar-refractivity contribution in [3.8, 4) is 0 Å². The van der Waals surface area contributed by atoms with E-state index < -0.39 is 0 Å². The third kappa shape index (κ3) is 2.99. The van der Waals surface area contributed by atoms with Crippen LogP contribution in [0.25, 0.3) is 0 Å². The number of hydrogen-bond donors (Lipinski definition) is 1. The summed E-state index contributed by atoms with van der Waals surface area (Å²) in [5.41, 5.74) is 2.58. The SMILES string of the molecule is CCCNC(c1ccsc1)c1nc(CC)c(C)s1. The van der Waals surface area contributed by atoms with E-state index in [2.05, 4.69) is 42.9 Å². The maximum atomic E-state index is 4.80. The Morgan fingerprint density at radius 2 is 2.22 bits per heavy atom. The molecule has 1 N–H and O–H groups in total. The zero-order valence-electron chi connectivity index (χ0n) is 11.2. The van der Waals surface area contributed by atoms with Gasteiger partial charge in [-0.15, -0.1) is 11.3 Å². The summed E-state index contributed by atoms with van der Waals surface area (Å²) in [5, 5.41) is 9.17. The van der Waals surface area contributed by atoms with Gasteiger partial charge < -0.3 is 5.32 Å². The molecule has 0 radical (unpaired) electrons. The number of rotatable bonds is 6. The highest BCUT2D eigenvalue weighted by molar-refractivity contribution is 7.11. The molecule has 1 unspecified atom stereocenters. The fourth-order valence-electron chi connectivity index (χ4n) is 1.98. The Kier molecular flexibility index (Phi) is 4.92. The molecule has 0 aliphatic heterocycles. The van der Waals surface area contributed by atoms with Crippen molar-refractivity contribution in [2.45, 2.75) is 39.7 Å². The summed E-state index contributed by atoms with van der Waals surface area (Å²) in [5.74, 6) is 0. The highest BCUT2D eigenvalue weighted by Gasteiger charge is 2.18. The molecule has 0 saturated heterocycles. The molecular formula is C14H20N2S2. The zero-order chi connectivity index (χ0) is 13.0. The van der Waals surface area contributed by atoms with Crippen LogP contribution in [0.15, 0.2) is 16.8 Å². The lowest BCUT2D eigenvalue weighted by Crippen LogP contribution is -2.22. The van der Waals surface area contributed by atoms with Crippen LogP contribution >= 0.6 is 22.7 Å². The molecule has 0 aliphatic rings. The van der Waals surface area contributed by atoms with Crippen molar-refractivity contribution < 1.29 is 0 Å². The number of thiazole rings is 1. The average Bonchev–Trinajstić information content (AvgIpc) is 3.00. The van der Waals surface area contributed by atoms with Crippen LogP contribution in [0.4, 0.5) is 0 Å². The number of aromatic nitrogens is 1. The van der Waals surface area contributed by atoms with E-state index in [0.717, 1.165) is 19.4 Å². The standard InChI is InChI=1S/C14H20N2S2/c1-4-7-15-13(11-6-8-17-9-11)14-16-12(5-2)10(3)18-14/h6,8-9,13,15H,4-5,7H2,1-3H3. The highest BCUT2D eigenvalue weighted by atomic mass is 32.1. The molecule has 0 spiro atoms. The molecule has 0 saturated carbocycles. The van der Waals surface area contributed by atoms with E-state index in [1.165, 1.54) is 21.1 Å². The van der Waals surface area contributed by atoms with Gasteiger partial charge in [-0.2, -0.15) is 11.3 Å². The zero-order valence-corrected chi connectivity index (χ0v) is 12.8. The summed E-state index contributed by atoms with van der Waals surface area (Å²) in [6.45, 7) is 7.57. The van der Waals surface area contributed by atoms with Gasteiger partial charge in [-0.25, -0.2) is 4.98 Å². The molecular weight excluding hydrogens is 260 g/mol. The molecule has 98 valence electrons. The summed E-state index contributed by atoms with van der Waals surface area (Å²) in [6, 6.07) is 2.46. The Morgan fingerprint density at radius 1 is 1.39 bits per heavy atom. The predicted molar refractivity (Wildman–Crippen MR) is 80.7 cm³/mol. The second-order valence-corrected chi connectivity index (χ2v) is 6.37. The topological polar surface area (TPSA) is 24.9 Å². The Bertz CT molecular complexity index is 474. The molecule has 2 aromatic heterocycles. The number of thiophene rings is 1. The van der Waals surface area contributed by atoms with Crippen molar-refractivity contribution in [1.82, 2.24) is 10.3 Å². The quantitative estimate of drug-likeness (QED) is 0.859. The number of nitrogens with zero attached hydrogens (tertiary/aromatic N) is 1. The van der Waals surface area contributed by atoms with Crippen molar-refractivity contribution in [1.29, 1.82) is 0 Å². The first-order valence-electron chi connectivity index (χ1n) is 6.47. The molecule has 4 heteroatoms. The van der Waals surface area contributed by atoms with Crippen molar-refractivity contribution in [3.63, 3.8) is 0 Å². The first-order valence-corrected chi connectivity index (χ1v) is 8.23. The minimum Gasteiger partial charge on any atom is -0.304 e. The lowest BCUT2D eigenvalue weighted by atomic mass is 10.1. The van der Waals surface area contributed by atoms with Crippen LogP contribution in [0, 0.1) is 6.92 Å². The van der Waals surface area contributed by atoms with Gasteiger partial charge in [0.05, 0.1) is 11.7 Å². The molecule has 0 bridgehead atoms. The molecule has 18 heavy (non-hydrogen) atoms. The van der Waals surface area contributed by atoms with E-state index >= 15 is 0 Å². The Hall–Kier alpha value is -0.710. The Labute approximate surface area is 117 Å². The first-order chi connectivity index (χ1) is 8.76. The molecule has 2 aromatic rings. The van der Waals surface area contributed by atoms with E-state index in [-0.39, 0.29) is 6.04 Å². The minimum atomic E-state index is 0.264. The summed E-state index contributed by atoms with van der Waals surface area (Å²) in [7, 11) is 0. The lowest BCUT2D eigenvalue weighted by Gasteiger charge is -2.14. The van der Waals surface area contributed by atoms with Gasteiger partial charge in [0, 0.05) is 4.88 Å². The molecule has 2 heterocycles.